The summed E-state index contributed by atoms with van der Waals surface area (Å²) in [5.41, 5.74) is 2.41. The summed E-state index contributed by atoms with van der Waals surface area (Å²) in [5, 5.41) is 14.5. The molecule has 3 aromatic rings. The molecule has 0 bridgehead atoms. The number of carbonyl (C=O) groups is 1. The van der Waals surface area contributed by atoms with Crippen LogP contribution >= 0.6 is 0 Å². The maximum absolute atomic E-state index is 12.4. The number of ether oxygens (including phenoxy) is 2. The Morgan fingerprint density at radius 2 is 2.14 bits per heavy atom. The Kier molecular flexibility index (Phi) is 5.24. The molecular formula is C19H20N6O3. The van der Waals surface area contributed by atoms with Gasteiger partial charge in [-0.1, -0.05) is 17.7 Å². The van der Waals surface area contributed by atoms with E-state index in [1.807, 2.05) is 31.2 Å². The Morgan fingerprint density at radius 1 is 1.29 bits per heavy atom. The number of hydrogen-bond donors (Lipinski definition) is 1. The van der Waals surface area contributed by atoms with Gasteiger partial charge >= 0.3 is 0 Å². The molecule has 0 radical (unpaired) electrons. The molecule has 3 heterocycles. The zero-order valence-corrected chi connectivity index (χ0v) is 15.4. The van der Waals surface area contributed by atoms with Crippen LogP contribution in [0.5, 0.6) is 5.88 Å². The van der Waals surface area contributed by atoms with Crippen LogP contribution in [0, 0.1) is 6.92 Å². The molecule has 1 atom stereocenters. The van der Waals surface area contributed by atoms with E-state index in [2.05, 4.69) is 25.8 Å². The molecule has 1 N–H and O–H groups in total. The highest BCUT2D eigenvalue weighted by Gasteiger charge is 2.18. The van der Waals surface area contributed by atoms with Crippen molar-refractivity contribution < 1.29 is 14.3 Å². The second-order valence-corrected chi connectivity index (χ2v) is 6.51. The van der Waals surface area contributed by atoms with Crippen LogP contribution in [0.2, 0.25) is 0 Å². The molecule has 1 saturated heterocycles. The summed E-state index contributed by atoms with van der Waals surface area (Å²) in [6.07, 6.45) is 2.36. The van der Waals surface area contributed by atoms with Gasteiger partial charge in [-0.25, -0.2) is 4.98 Å². The molecular weight excluding hydrogens is 360 g/mol. The highest BCUT2D eigenvalue weighted by atomic mass is 16.5. The maximum atomic E-state index is 12.4. The lowest BCUT2D eigenvalue weighted by atomic mass is 10.2. The van der Waals surface area contributed by atoms with Gasteiger partial charge in [-0.15, -0.1) is 5.10 Å². The molecule has 144 valence electrons. The van der Waals surface area contributed by atoms with Crippen molar-refractivity contribution in [2.24, 2.45) is 0 Å². The fraction of sp³-hybridized carbons (Fsp3) is 0.316. The third kappa shape index (κ3) is 4.15. The molecule has 1 aliphatic heterocycles. The molecule has 1 unspecified atom stereocenters. The minimum atomic E-state index is -0.262. The van der Waals surface area contributed by atoms with E-state index < -0.39 is 0 Å². The monoisotopic (exact) mass is 380 g/mol. The first kappa shape index (κ1) is 18.1. The van der Waals surface area contributed by atoms with E-state index in [4.69, 9.17) is 9.47 Å². The summed E-state index contributed by atoms with van der Waals surface area (Å²) in [7, 11) is 0. The van der Waals surface area contributed by atoms with Crippen LogP contribution in [0.25, 0.3) is 5.69 Å². The number of tetrazole rings is 1. The van der Waals surface area contributed by atoms with Gasteiger partial charge in [0.2, 0.25) is 5.88 Å². The van der Waals surface area contributed by atoms with Crippen molar-refractivity contribution in [3.8, 4) is 11.6 Å². The first-order valence-electron chi connectivity index (χ1n) is 9.02. The number of nitrogens with one attached hydrogen (secondary N) is 1. The molecule has 1 aromatic carbocycles. The van der Waals surface area contributed by atoms with Crippen molar-refractivity contribution in [2.75, 3.05) is 13.2 Å². The lowest BCUT2D eigenvalue weighted by Gasteiger charge is -2.11. The molecule has 1 aliphatic rings. The second-order valence-electron chi connectivity index (χ2n) is 6.51. The van der Waals surface area contributed by atoms with Crippen LogP contribution in [0.1, 0.15) is 28.2 Å². The number of benzene rings is 1. The van der Waals surface area contributed by atoms with Crippen molar-refractivity contribution in [1.82, 2.24) is 30.5 Å². The van der Waals surface area contributed by atoms with Gasteiger partial charge in [0.15, 0.2) is 5.82 Å². The van der Waals surface area contributed by atoms with Gasteiger partial charge in [0, 0.05) is 18.7 Å². The number of pyridine rings is 1. The number of aryl methyl sites for hydroxylation is 1. The quantitative estimate of drug-likeness (QED) is 0.690. The van der Waals surface area contributed by atoms with Crippen LogP contribution in [0.4, 0.5) is 0 Å². The van der Waals surface area contributed by atoms with Crippen LogP contribution in [-0.2, 0) is 11.3 Å². The first-order chi connectivity index (χ1) is 13.7. The van der Waals surface area contributed by atoms with Crippen LogP contribution in [0.3, 0.4) is 0 Å². The predicted octanol–water partition coefficient (Wildman–Crippen LogP) is 1.46. The molecule has 28 heavy (non-hydrogen) atoms. The fourth-order valence-corrected chi connectivity index (χ4v) is 2.82. The van der Waals surface area contributed by atoms with E-state index in [1.54, 1.807) is 16.8 Å². The highest BCUT2D eigenvalue weighted by molar-refractivity contribution is 5.93. The van der Waals surface area contributed by atoms with E-state index in [1.165, 1.54) is 6.20 Å². The lowest BCUT2D eigenvalue weighted by Crippen LogP contribution is -2.25. The Balaban J connectivity index is 1.37. The molecule has 1 amide bonds. The predicted molar refractivity (Wildman–Crippen MR) is 99.2 cm³/mol. The minimum Gasteiger partial charge on any atom is -0.472 e. The van der Waals surface area contributed by atoms with Gasteiger partial charge in [0.05, 0.1) is 31.0 Å². The van der Waals surface area contributed by atoms with Gasteiger partial charge in [-0.3, -0.25) is 4.79 Å². The second kappa shape index (κ2) is 8.13. The standard InChI is InChI=1S/C19H20N6O3/c1-13-2-5-15(6-3-13)25-17(22-23-24-25)11-21-19(26)14-4-7-18(20-10-14)28-16-8-9-27-12-16/h2-7,10,16H,8-9,11-12H2,1H3,(H,21,26). The summed E-state index contributed by atoms with van der Waals surface area (Å²) in [4.78, 5) is 16.6. The summed E-state index contributed by atoms with van der Waals surface area (Å²) >= 11 is 0. The maximum Gasteiger partial charge on any atom is 0.253 e. The number of amides is 1. The van der Waals surface area contributed by atoms with Crippen LogP contribution in [-0.4, -0.2) is 50.4 Å². The molecule has 0 aliphatic carbocycles. The number of hydrogen-bond acceptors (Lipinski definition) is 7. The SMILES string of the molecule is Cc1ccc(-n2nnnc2CNC(=O)c2ccc(OC3CCOC3)nc2)cc1. The van der Waals surface area contributed by atoms with Crippen molar-refractivity contribution in [3.63, 3.8) is 0 Å². The van der Waals surface area contributed by atoms with Gasteiger partial charge in [0.1, 0.15) is 6.10 Å². The first-order valence-corrected chi connectivity index (χ1v) is 9.02. The Labute approximate surface area is 161 Å². The average molecular weight is 380 g/mol. The third-order valence-corrected chi connectivity index (χ3v) is 4.39. The summed E-state index contributed by atoms with van der Waals surface area (Å²) < 4.78 is 12.6. The van der Waals surface area contributed by atoms with Gasteiger partial charge in [-0.05, 0) is 35.5 Å². The minimum absolute atomic E-state index is 0.0211. The summed E-state index contributed by atoms with van der Waals surface area (Å²) in [6, 6.07) is 11.2. The smallest absolute Gasteiger partial charge is 0.253 e. The molecule has 1 fully saturated rings. The number of carbonyl (C=O) groups excluding carboxylic acids is 1. The number of nitrogens with zero attached hydrogens (tertiary/aromatic N) is 5. The topological polar surface area (TPSA) is 104 Å². The van der Waals surface area contributed by atoms with E-state index >= 15 is 0 Å². The van der Waals surface area contributed by atoms with E-state index in [-0.39, 0.29) is 18.6 Å². The molecule has 4 rings (SSSR count). The Morgan fingerprint density at radius 3 is 2.86 bits per heavy atom. The van der Waals surface area contributed by atoms with Gasteiger partial charge in [0.25, 0.3) is 5.91 Å². The van der Waals surface area contributed by atoms with Crippen molar-refractivity contribution in [1.29, 1.82) is 0 Å². The third-order valence-electron chi connectivity index (χ3n) is 4.39. The highest BCUT2D eigenvalue weighted by Crippen LogP contribution is 2.15. The van der Waals surface area contributed by atoms with Crippen LogP contribution < -0.4 is 10.1 Å². The zero-order chi connectivity index (χ0) is 19.3. The normalized spacial score (nSPS) is 16.1. The van der Waals surface area contributed by atoms with E-state index in [9.17, 15) is 4.79 Å². The number of rotatable bonds is 6. The largest absolute Gasteiger partial charge is 0.472 e. The molecule has 9 nitrogen and oxygen atoms in total. The van der Waals surface area contributed by atoms with Gasteiger partial charge < -0.3 is 14.8 Å². The van der Waals surface area contributed by atoms with Crippen molar-refractivity contribution in [2.45, 2.75) is 26.0 Å². The Hall–Kier alpha value is -3.33. The van der Waals surface area contributed by atoms with E-state index in [0.717, 1.165) is 17.7 Å². The van der Waals surface area contributed by atoms with Crippen molar-refractivity contribution >= 4 is 5.91 Å². The summed E-state index contributed by atoms with van der Waals surface area (Å²) in [5.74, 6) is 0.753. The van der Waals surface area contributed by atoms with Crippen molar-refractivity contribution in [3.05, 3.63) is 59.5 Å². The molecule has 9 heteroatoms. The average Bonchev–Trinajstić information content (AvgIpc) is 3.39. The molecule has 2 aromatic heterocycles. The number of aromatic nitrogens is 5. The Bertz CT molecular complexity index is 933. The fourth-order valence-electron chi connectivity index (χ4n) is 2.82. The van der Waals surface area contributed by atoms with Gasteiger partial charge in [-0.2, -0.15) is 4.68 Å². The lowest BCUT2D eigenvalue weighted by molar-refractivity contribution is 0.0949. The van der Waals surface area contributed by atoms with E-state index in [0.29, 0.717) is 30.5 Å². The van der Waals surface area contributed by atoms with Crippen LogP contribution in [0.15, 0.2) is 42.6 Å². The summed E-state index contributed by atoms with van der Waals surface area (Å²) in [6.45, 7) is 3.47. The molecule has 0 spiro atoms. The zero-order valence-electron chi connectivity index (χ0n) is 15.4. The molecule has 0 saturated carbocycles.